The van der Waals surface area contributed by atoms with E-state index in [0.29, 0.717) is 0 Å². The van der Waals surface area contributed by atoms with Crippen LogP contribution < -0.4 is 0 Å². The first-order valence-corrected chi connectivity index (χ1v) is 6.45. The van der Waals surface area contributed by atoms with Gasteiger partial charge >= 0.3 is 0 Å². The maximum Gasteiger partial charge on any atom is 0.0330 e. The van der Waals surface area contributed by atoms with Gasteiger partial charge < -0.3 is 0 Å². The van der Waals surface area contributed by atoms with Gasteiger partial charge in [-0.25, -0.2) is 10.9 Å². The van der Waals surface area contributed by atoms with E-state index in [1.165, 1.54) is 38.2 Å². The number of rotatable bonds is 2. The lowest BCUT2D eigenvalue weighted by molar-refractivity contribution is 0.266. The van der Waals surface area contributed by atoms with E-state index in [9.17, 15) is 0 Å². The average molecular weight is 183 g/mol. The van der Waals surface area contributed by atoms with E-state index in [-0.39, 0.29) is 10.9 Å². The number of hydrogen-bond donors (Lipinski definition) is 1. The Labute approximate surface area is 77.5 Å². The molecule has 2 rings (SSSR count). The molecule has 0 aromatic rings. The summed E-state index contributed by atoms with van der Waals surface area (Å²) in [7, 11) is 0.0968. The lowest BCUT2D eigenvalue weighted by Crippen LogP contribution is -2.29. The van der Waals surface area contributed by atoms with E-state index in [1.807, 2.05) is 0 Å². The Bertz CT molecular complexity index is 180. The third kappa shape index (κ3) is 2.14. The molecular weight excluding hydrogens is 166 g/mol. The largest absolute Gasteiger partial charge is 0.295 e. The Kier molecular flexibility index (Phi) is 2.90. The average Bonchev–Trinajstić information content (AvgIpc) is 2.59. The van der Waals surface area contributed by atoms with Crippen LogP contribution in [0.2, 0.25) is 0 Å². The highest BCUT2D eigenvalue weighted by atomic mass is 32.2. The number of likely N-dealkylation sites (tertiary alicyclic amines) is 1. The maximum atomic E-state index is 2.62. The molecular formula is C10H17NS. The fourth-order valence-electron chi connectivity index (χ4n) is 1.80. The third-order valence-electron chi connectivity index (χ3n) is 2.48. The summed E-state index contributed by atoms with van der Waals surface area (Å²) in [5.41, 5.74) is 0. The molecule has 0 spiro atoms. The normalized spacial score (nSPS) is 26.8. The number of allylic oxidation sites excluding steroid dienone is 2. The minimum absolute atomic E-state index is 0.0968. The monoisotopic (exact) mass is 183 g/mol. The van der Waals surface area contributed by atoms with Crippen LogP contribution in [0.15, 0.2) is 23.0 Å². The van der Waals surface area contributed by atoms with E-state index in [2.05, 4.69) is 27.9 Å². The van der Waals surface area contributed by atoms with Crippen molar-refractivity contribution in [1.82, 2.24) is 4.90 Å². The van der Waals surface area contributed by atoms with Crippen molar-refractivity contribution >= 4 is 10.9 Å². The highest BCUT2D eigenvalue weighted by molar-refractivity contribution is 8.22. The minimum atomic E-state index is 0.0968. The van der Waals surface area contributed by atoms with Gasteiger partial charge in [0.05, 0.1) is 0 Å². The summed E-state index contributed by atoms with van der Waals surface area (Å²) in [4.78, 5) is 2.62. The first kappa shape index (κ1) is 8.39. The van der Waals surface area contributed by atoms with Crippen molar-refractivity contribution in [2.24, 2.45) is 0 Å². The van der Waals surface area contributed by atoms with Crippen molar-refractivity contribution in [3.05, 3.63) is 23.0 Å². The molecule has 0 aromatic heterocycles. The molecule has 0 radical (unpaired) electrons. The molecule has 0 bridgehead atoms. The van der Waals surface area contributed by atoms with Gasteiger partial charge in [0.15, 0.2) is 0 Å². The predicted octanol–water partition coefficient (Wildman–Crippen LogP) is 2.47. The highest BCUT2D eigenvalue weighted by Gasteiger charge is 2.11. The fraction of sp³-hybridized carbons (Fsp3) is 0.600. The highest BCUT2D eigenvalue weighted by Crippen LogP contribution is 2.33. The van der Waals surface area contributed by atoms with E-state index in [1.54, 1.807) is 0 Å². The van der Waals surface area contributed by atoms with Crippen LogP contribution in [0.5, 0.6) is 0 Å². The van der Waals surface area contributed by atoms with E-state index in [4.69, 9.17) is 0 Å². The lowest BCUT2D eigenvalue weighted by Gasteiger charge is -2.29. The topological polar surface area (TPSA) is 3.24 Å². The second-order valence-corrected chi connectivity index (χ2v) is 5.42. The predicted molar refractivity (Wildman–Crippen MR) is 57.6 cm³/mol. The Balaban J connectivity index is 1.77. The molecule has 0 amide bonds. The quantitative estimate of drug-likeness (QED) is 0.644. The van der Waals surface area contributed by atoms with Gasteiger partial charge in [-0.2, -0.15) is 0 Å². The van der Waals surface area contributed by atoms with Crippen LogP contribution in [0.1, 0.15) is 19.3 Å². The first-order chi connectivity index (χ1) is 5.95. The molecule has 68 valence electrons. The molecule has 1 fully saturated rings. The van der Waals surface area contributed by atoms with Crippen LogP contribution in [-0.4, -0.2) is 23.9 Å². The van der Waals surface area contributed by atoms with Gasteiger partial charge in [0.2, 0.25) is 0 Å². The molecule has 0 unspecified atom stereocenters. The zero-order valence-corrected chi connectivity index (χ0v) is 8.34. The lowest BCUT2D eigenvalue weighted by atomic mass is 10.1. The maximum absolute atomic E-state index is 2.62. The zero-order chi connectivity index (χ0) is 8.23. The molecule has 2 heteroatoms. The van der Waals surface area contributed by atoms with Gasteiger partial charge in [0.25, 0.3) is 0 Å². The Morgan fingerprint density at radius 2 is 1.67 bits per heavy atom. The van der Waals surface area contributed by atoms with Gasteiger partial charge in [-0.3, -0.25) is 4.90 Å². The first-order valence-electron chi connectivity index (χ1n) is 4.78. The number of hydrogen-bond acceptors (Lipinski definition) is 1. The molecule has 2 heterocycles. The molecule has 12 heavy (non-hydrogen) atoms. The van der Waals surface area contributed by atoms with Gasteiger partial charge in [-0.15, -0.1) is 0 Å². The van der Waals surface area contributed by atoms with E-state index >= 15 is 0 Å². The van der Waals surface area contributed by atoms with Gasteiger partial charge in [0, 0.05) is 5.88 Å². The van der Waals surface area contributed by atoms with Crippen LogP contribution >= 0.6 is 10.9 Å². The van der Waals surface area contributed by atoms with Crippen molar-refractivity contribution in [3.63, 3.8) is 0 Å². The molecule has 0 saturated carbocycles. The van der Waals surface area contributed by atoms with Crippen LogP contribution in [0.4, 0.5) is 0 Å². The SMILES string of the molecule is C1=C[SH](CN2CCCCC2)C=C1. The van der Waals surface area contributed by atoms with Crippen molar-refractivity contribution in [2.75, 3.05) is 19.0 Å². The molecule has 0 atom stereocenters. The second-order valence-electron chi connectivity index (χ2n) is 3.52. The summed E-state index contributed by atoms with van der Waals surface area (Å²) in [5, 5.41) is 4.73. The second kappa shape index (κ2) is 4.15. The summed E-state index contributed by atoms with van der Waals surface area (Å²) in [6, 6.07) is 0. The summed E-state index contributed by atoms with van der Waals surface area (Å²) in [6.07, 6.45) is 8.65. The van der Waals surface area contributed by atoms with Gasteiger partial charge in [-0.05, 0) is 36.7 Å². The van der Waals surface area contributed by atoms with Gasteiger partial charge in [-0.1, -0.05) is 18.6 Å². The van der Waals surface area contributed by atoms with E-state index in [0.717, 1.165) is 0 Å². The summed E-state index contributed by atoms with van der Waals surface area (Å²) in [5.74, 6) is 1.31. The van der Waals surface area contributed by atoms with Gasteiger partial charge in [0.1, 0.15) is 0 Å². The molecule has 1 saturated heterocycles. The Morgan fingerprint density at radius 3 is 2.33 bits per heavy atom. The summed E-state index contributed by atoms with van der Waals surface area (Å²) >= 11 is 0. The standard InChI is InChI=1S/C10H17NS/c1-2-6-11(7-3-1)10-12-8-4-5-9-12/h4-5,8-9,12H,1-3,6-7,10H2. The molecule has 2 aliphatic heterocycles. The minimum Gasteiger partial charge on any atom is -0.295 e. The molecule has 1 nitrogen and oxygen atoms in total. The van der Waals surface area contributed by atoms with Crippen molar-refractivity contribution < 1.29 is 0 Å². The molecule has 2 aliphatic rings. The van der Waals surface area contributed by atoms with Crippen molar-refractivity contribution in [3.8, 4) is 0 Å². The third-order valence-corrected chi connectivity index (χ3v) is 4.31. The Hall–Kier alpha value is -0.210. The van der Waals surface area contributed by atoms with Crippen LogP contribution in [0.25, 0.3) is 0 Å². The molecule has 0 aromatic carbocycles. The van der Waals surface area contributed by atoms with Crippen LogP contribution in [0.3, 0.4) is 0 Å². The van der Waals surface area contributed by atoms with Crippen molar-refractivity contribution in [2.45, 2.75) is 19.3 Å². The van der Waals surface area contributed by atoms with Crippen LogP contribution in [0, 0.1) is 0 Å². The van der Waals surface area contributed by atoms with E-state index < -0.39 is 0 Å². The number of thiol groups is 1. The number of piperidine rings is 1. The fourth-order valence-corrected chi connectivity index (χ4v) is 3.47. The van der Waals surface area contributed by atoms with Crippen molar-refractivity contribution in [1.29, 1.82) is 0 Å². The smallest absolute Gasteiger partial charge is 0.0330 e. The molecule has 0 N–H and O–H groups in total. The molecule has 0 aliphatic carbocycles. The summed E-state index contributed by atoms with van der Waals surface area (Å²) in [6.45, 7) is 2.67. The zero-order valence-electron chi connectivity index (χ0n) is 7.45. The summed E-state index contributed by atoms with van der Waals surface area (Å²) < 4.78 is 0. The Morgan fingerprint density at radius 1 is 1.00 bits per heavy atom. The van der Waals surface area contributed by atoms with Crippen LogP contribution in [-0.2, 0) is 0 Å². The number of nitrogens with zero attached hydrogens (tertiary/aromatic N) is 1.